The van der Waals surface area contributed by atoms with Crippen LogP contribution in [0.25, 0.3) is 33.4 Å². The molecule has 5 rings (SSSR count). The lowest BCUT2D eigenvalue weighted by molar-refractivity contribution is -0.187. The highest BCUT2D eigenvalue weighted by Crippen LogP contribution is 2.36. The Morgan fingerprint density at radius 2 is 1.14 bits per heavy atom. The molecule has 0 aromatic heterocycles. The molecule has 0 N–H and O–H groups in total. The van der Waals surface area contributed by atoms with E-state index in [1.54, 1.807) is 12.1 Å². The monoisotopic (exact) mass is 590 g/mol. The van der Waals surface area contributed by atoms with Gasteiger partial charge in [-0.05, 0) is 89.2 Å². The summed E-state index contributed by atoms with van der Waals surface area (Å²) in [5.74, 6) is -2.84. The molecule has 220 valence electrons. The van der Waals surface area contributed by atoms with Gasteiger partial charge >= 0.3 is 6.11 Å². The molecule has 0 radical (unpaired) electrons. The molecule has 0 spiro atoms. The van der Waals surface area contributed by atoms with Crippen LogP contribution in [0.3, 0.4) is 0 Å². The molecular formula is C36H28F6O. The second kappa shape index (κ2) is 12.8. The smallest absolute Gasteiger partial charge is 0.429 e. The number of rotatable bonds is 10. The number of halogens is 6. The SMILES string of the molecule is CCCCCc1ccc(C(F)(F)Oc2ccc(-c3ccc(-c4ccc(-c5ccc(F)cc5)c(F)c4)c(F)c3)cc2)c(F)c1. The highest BCUT2D eigenvalue weighted by atomic mass is 19.3. The van der Waals surface area contributed by atoms with Crippen LogP contribution in [-0.4, -0.2) is 0 Å². The van der Waals surface area contributed by atoms with Crippen LogP contribution in [0.2, 0.25) is 0 Å². The van der Waals surface area contributed by atoms with E-state index in [4.69, 9.17) is 4.74 Å². The zero-order chi connectivity index (χ0) is 30.6. The third kappa shape index (κ3) is 6.94. The van der Waals surface area contributed by atoms with Crippen LogP contribution < -0.4 is 4.74 Å². The van der Waals surface area contributed by atoms with Crippen molar-refractivity contribution in [2.45, 2.75) is 38.7 Å². The van der Waals surface area contributed by atoms with Gasteiger partial charge in [0, 0.05) is 11.1 Å². The van der Waals surface area contributed by atoms with Crippen molar-refractivity contribution < 1.29 is 31.1 Å². The summed E-state index contributed by atoms with van der Waals surface area (Å²) >= 11 is 0. The minimum Gasteiger partial charge on any atom is -0.429 e. The Labute approximate surface area is 246 Å². The first-order valence-electron chi connectivity index (χ1n) is 14.0. The van der Waals surface area contributed by atoms with Gasteiger partial charge in [0.15, 0.2) is 0 Å². The van der Waals surface area contributed by atoms with Gasteiger partial charge in [-0.3, -0.25) is 0 Å². The van der Waals surface area contributed by atoms with Gasteiger partial charge in [0.2, 0.25) is 0 Å². The largest absolute Gasteiger partial charge is 0.429 e. The molecule has 5 aromatic carbocycles. The summed E-state index contributed by atoms with van der Waals surface area (Å²) in [6, 6.07) is 23.3. The molecule has 0 aliphatic heterocycles. The quantitative estimate of drug-likeness (QED) is 0.116. The maximum atomic E-state index is 15.1. The molecule has 0 aliphatic carbocycles. The van der Waals surface area contributed by atoms with E-state index in [1.165, 1.54) is 78.9 Å². The molecule has 0 saturated heterocycles. The number of ether oxygens (including phenoxy) is 1. The second-order valence-electron chi connectivity index (χ2n) is 10.3. The normalized spacial score (nSPS) is 11.5. The molecule has 0 fully saturated rings. The number of benzene rings is 5. The predicted molar refractivity (Wildman–Crippen MR) is 157 cm³/mol. The molecule has 5 aromatic rings. The maximum Gasteiger partial charge on any atom is 0.429 e. The van der Waals surface area contributed by atoms with Crippen molar-refractivity contribution in [1.29, 1.82) is 0 Å². The highest BCUT2D eigenvalue weighted by molar-refractivity contribution is 5.74. The van der Waals surface area contributed by atoms with E-state index in [9.17, 15) is 22.0 Å². The van der Waals surface area contributed by atoms with Gasteiger partial charge in [0.05, 0.1) is 5.56 Å². The third-order valence-electron chi connectivity index (χ3n) is 7.25. The van der Waals surface area contributed by atoms with Crippen molar-refractivity contribution in [3.63, 3.8) is 0 Å². The summed E-state index contributed by atoms with van der Waals surface area (Å²) in [4.78, 5) is 0. The summed E-state index contributed by atoms with van der Waals surface area (Å²) in [6.07, 6.45) is -0.457. The van der Waals surface area contributed by atoms with Crippen LogP contribution >= 0.6 is 0 Å². The summed E-state index contributed by atoms with van der Waals surface area (Å²) < 4.78 is 92.3. The Morgan fingerprint density at radius 3 is 1.77 bits per heavy atom. The van der Waals surface area contributed by atoms with E-state index in [1.807, 2.05) is 6.92 Å². The molecular weight excluding hydrogens is 562 g/mol. The molecule has 0 saturated carbocycles. The van der Waals surface area contributed by atoms with Gasteiger partial charge in [0.1, 0.15) is 29.0 Å². The van der Waals surface area contributed by atoms with Gasteiger partial charge in [-0.15, -0.1) is 0 Å². The summed E-state index contributed by atoms with van der Waals surface area (Å²) in [6.45, 7) is 2.05. The number of aryl methyl sites for hydroxylation is 1. The number of hydrogen-bond donors (Lipinski definition) is 0. The fourth-order valence-electron chi connectivity index (χ4n) is 4.92. The molecule has 1 nitrogen and oxygen atoms in total. The van der Waals surface area contributed by atoms with Crippen LogP contribution in [-0.2, 0) is 12.5 Å². The van der Waals surface area contributed by atoms with E-state index in [2.05, 4.69) is 0 Å². The lowest BCUT2D eigenvalue weighted by Crippen LogP contribution is -2.23. The van der Waals surface area contributed by atoms with Crippen molar-refractivity contribution in [2.24, 2.45) is 0 Å². The molecule has 0 unspecified atom stereocenters. The Morgan fingerprint density at radius 1 is 0.558 bits per heavy atom. The van der Waals surface area contributed by atoms with Crippen LogP contribution in [0.15, 0.2) is 103 Å². The number of unbranched alkanes of at least 4 members (excludes halogenated alkanes) is 2. The van der Waals surface area contributed by atoms with Gasteiger partial charge in [-0.1, -0.05) is 74.4 Å². The van der Waals surface area contributed by atoms with Crippen LogP contribution in [0.1, 0.15) is 37.3 Å². The Hall–Kier alpha value is -4.52. The first kappa shape index (κ1) is 30.0. The fraction of sp³-hybridized carbons (Fsp3) is 0.167. The first-order chi connectivity index (χ1) is 20.6. The lowest BCUT2D eigenvalue weighted by Gasteiger charge is -2.19. The third-order valence-corrected chi connectivity index (χ3v) is 7.25. The maximum absolute atomic E-state index is 15.1. The van der Waals surface area contributed by atoms with Crippen LogP contribution in [0.4, 0.5) is 26.3 Å². The minimum absolute atomic E-state index is 0.173. The second-order valence-corrected chi connectivity index (χ2v) is 10.3. The first-order valence-corrected chi connectivity index (χ1v) is 14.0. The molecule has 0 atom stereocenters. The molecule has 0 aliphatic rings. The minimum atomic E-state index is -3.90. The van der Waals surface area contributed by atoms with Gasteiger partial charge in [-0.25, -0.2) is 17.6 Å². The average Bonchev–Trinajstić information content (AvgIpc) is 2.98. The number of alkyl halides is 2. The summed E-state index contributed by atoms with van der Waals surface area (Å²) in [7, 11) is 0. The molecule has 7 heteroatoms. The van der Waals surface area contributed by atoms with Gasteiger partial charge in [0.25, 0.3) is 0 Å². The molecule has 43 heavy (non-hydrogen) atoms. The molecule has 0 amide bonds. The van der Waals surface area contributed by atoms with Crippen molar-refractivity contribution in [3.05, 3.63) is 138 Å². The average molecular weight is 591 g/mol. The summed E-state index contributed by atoms with van der Waals surface area (Å²) in [5, 5.41) is 0. The Balaban J connectivity index is 1.29. The fourth-order valence-corrected chi connectivity index (χ4v) is 4.92. The topological polar surface area (TPSA) is 9.23 Å². The van der Waals surface area contributed by atoms with E-state index in [0.717, 1.165) is 31.4 Å². The standard InChI is InChI=1S/C36H28F6O/c1-2-3-4-5-23-6-19-32(35(40)20-23)36(41,42)43-29-15-9-24(10-16-29)26-11-17-31(33(38)21-26)27-12-18-30(34(39)22-27)25-7-13-28(37)14-8-25/h6-22H,2-5H2,1H3. The van der Waals surface area contributed by atoms with Crippen molar-refractivity contribution in [3.8, 4) is 39.1 Å². The lowest BCUT2D eigenvalue weighted by atomic mass is 9.97. The van der Waals surface area contributed by atoms with Crippen LogP contribution in [0, 0.1) is 23.3 Å². The van der Waals surface area contributed by atoms with Gasteiger partial charge in [-0.2, -0.15) is 8.78 Å². The van der Waals surface area contributed by atoms with E-state index < -0.39 is 34.9 Å². The van der Waals surface area contributed by atoms with Crippen molar-refractivity contribution in [1.82, 2.24) is 0 Å². The van der Waals surface area contributed by atoms with Crippen molar-refractivity contribution in [2.75, 3.05) is 0 Å². The Kier molecular flexibility index (Phi) is 8.90. The van der Waals surface area contributed by atoms with Crippen LogP contribution in [0.5, 0.6) is 5.75 Å². The zero-order valence-electron chi connectivity index (χ0n) is 23.3. The predicted octanol–water partition coefficient (Wildman–Crippen LogP) is 11.1. The van der Waals surface area contributed by atoms with E-state index in [0.29, 0.717) is 34.2 Å². The number of hydrogen-bond acceptors (Lipinski definition) is 1. The van der Waals surface area contributed by atoms with E-state index >= 15 is 4.39 Å². The molecule has 0 bridgehead atoms. The highest BCUT2D eigenvalue weighted by Gasteiger charge is 2.37. The van der Waals surface area contributed by atoms with E-state index in [-0.39, 0.29) is 16.9 Å². The van der Waals surface area contributed by atoms with Crippen molar-refractivity contribution >= 4 is 0 Å². The summed E-state index contributed by atoms with van der Waals surface area (Å²) in [5.41, 5.74) is 2.04. The Bertz CT molecular complexity index is 1710. The zero-order valence-corrected chi connectivity index (χ0v) is 23.3. The molecule has 0 heterocycles. The van der Waals surface area contributed by atoms with Gasteiger partial charge < -0.3 is 4.74 Å².